The highest BCUT2D eigenvalue weighted by molar-refractivity contribution is 7.09. The Labute approximate surface area is 147 Å². The number of aryl methyl sites for hydroxylation is 3. The van der Waals surface area contributed by atoms with E-state index >= 15 is 0 Å². The van der Waals surface area contributed by atoms with Gasteiger partial charge in [0.05, 0.1) is 16.9 Å². The normalized spacial score (nSPS) is 25.3. The molecule has 3 aliphatic rings. The molecule has 3 fully saturated rings. The van der Waals surface area contributed by atoms with Crippen molar-refractivity contribution in [1.82, 2.24) is 19.9 Å². The van der Waals surface area contributed by atoms with Gasteiger partial charge in [-0.1, -0.05) is 5.16 Å². The summed E-state index contributed by atoms with van der Waals surface area (Å²) in [6.45, 7) is 11.8. The summed E-state index contributed by atoms with van der Waals surface area (Å²) in [5.41, 5.74) is 5.50. The van der Waals surface area contributed by atoms with Gasteiger partial charge in [-0.25, -0.2) is 4.98 Å². The van der Waals surface area contributed by atoms with Gasteiger partial charge in [-0.15, -0.1) is 11.3 Å². The number of thiazole rings is 1. The van der Waals surface area contributed by atoms with Gasteiger partial charge in [0.1, 0.15) is 5.76 Å². The third-order valence-electron chi connectivity index (χ3n) is 5.66. The van der Waals surface area contributed by atoms with Crippen molar-refractivity contribution in [2.75, 3.05) is 19.6 Å². The monoisotopic (exact) mass is 346 g/mol. The van der Waals surface area contributed by atoms with Crippen LogP contribution in [0.3, 0.4) is 0 Å². The van der Waals surface area contributed by atoms with Gasteiger partial charge in [0.25, 0.3) is 0 Å². The maximum atomic E-state index is 5.35. The van der Waals surface area contributed by atoms with Crippen molar-refractivity contribution in [2.45, 2.75) is 52.7 Å². The number of aromatic nitrogens is 2. The molecule has 5 rings (SSSR count). The van der Waals surface area contributed by atoms with Crippen LogP contribution in [0.4, 0.5) is 0 Å². The molecule has 24 heavy (non-hydrogen) atoms. The number of nitrogens with zero attached hydrogens (tertiary/aromatic N) is 4. The average molecular weight is 347 g/mol. The minimum atomic E-state index is 0.658. The summed E-state index contributed by atoms with van der Waals surface area (Å²) in [4.78, 5) is 11.2. The second kappa shape index (κ2) is 6.58. The Bertz CT molecular complexity index is 690. The molecule has 2 bridgehead atoms. The Kier molecular flexibility index (Phi) is 4.45. The summed E-state index contributed by atoms with van der Waals surface area (Å²) in [6, 6.07) is 0.658. The molecule has 0 amide bonds. The summed E-state index contributed by atoms with van der Waals surface area (Å²) in [7, 11) is 0. The number of rotatable bonds is 4. The van der Waals surface area contributed by atoms with Crippen LogP contribution in [0.25, 0.3) is 0 Å². The first-order chi connectivity index (χ1) is 11.6. The molecule has 3 aliphatic heterocycles. The van der Waals surface area contributed by atoms with Crippen LogP contribution in [0.5, 0.6) is 0 Å². The summed E-state index contributed by atoms with van der Waals surface area (Å²) >= 11 is 1.80. The lowest BCUT2D eigenvalue weighted by atomic mass is 9.95. The van der Waals surface area contributed by atoms with Gasteiger partial charge in [-0.3, -0.25) is 9.80 Å². The van der Waals surface area contributed by atoms with E-state index in [1.54, 1.807) is 11.3 Å². The van der Waals surface area contributed by atoms with E-state index in [1.807, 2.05) is 12.4 Å². The van der Waals surface area contributed by atoms with Crippen molar-refractivity contribution in [3.8, 4) is 0 Å². The number of fused-ring (bicyclic) bond motifs is 4. The van der Waals surface area contributed by atoms with Crippen LogP contribution in [0.15, 0.2) is 10.0 Å². The molecule has 0 radical (unpaired) electrons. The molecule has 5 heterocycles. The number of piperidine rings is 1. The lowest BCUT2D eigenvalue weighted by molar-refractivity contribution is 0.124. The molecule has 0 aromatic carbocycles. The second-order valence-corrected chi connectivity index (χ2v) is 8.32. The molecule has 0 saturated carbocycles. The second-order valence-electron chi connectivity index (χ2n) is 7.38. The van der Waals surface area contributed by atoms with Crippen LogP contribution in [-0.2, 0) is 13.1 Å². The molecule has 2 aromatic heterocycles. The minimum absolute atomic E-state index is 0.658. The zero-order chi connectivity index (χ0) is 16.7. The molecule has 2 aromatic rings. The van der Waals surface area contributed by atoms with Gasteiger partial charge >= 0.3 is 0 Å². The molecular formula is C18H26N4OS. The Morgan fingerprint density at radius 1 is 1.12 bits per heavy atom. The van der Waals surface area contributed by atoms with Crippen molar-refractivity contribution in [1.29, 1.82) is 0 Å². The van der Waals surface area contributed by atoms with Crippen molar-refractivity contribution in [3.05, 3.63) is 33.1 Å². The molecule has 0 aliphatic carbocycles. The van der Waals surface area contributed by atoms with Gasteiger partial charge in [0, 0.05) is 49.2 Å². The summed E-state index contributed by atoms with van der Waals surface area (Å²) < 4.78 is 5.35. The lowest BCUT2D eigenvalue weighted by Crippen LogP contribution is -2.43. The quantitative estimate of drug-likeness (QED) is 0.851. The summed E-state index contributed by atoms with van der Waals surface area (Å²) in [5, 5.41) is 4.12. The Morgan fingerprint density at radius 2 is 2.00 bits per heavy atom. The third kappa shape index (κ3) is 3.15. The fraction of sp³-hybridized carbons (Fsp3) is 0.667. The van der Waals surface area contributed by atoms with Crippen LogP contribution in [0.2, 0.25) is 0 Å². The predicted octanol–water partition coefficient (Wildman–Crippen LogP) is 3.15. The van der Waals surface area contributed by atoms with E-state index in [2.05, 4.69) is 33.8 Å². The highest BCUT2D eigenvalue weighted by atomic mass is 32.1. The molecule has 6 heteroatoms. The molecule has 0 spiro atoms. The van der Waals surface area contributed by atoms with Crippen LogP contribution in [0, 0.1) is 26.7 Å². The van der Waals surface area contributed by atoms with Crippen LogP contribution in [-0.4, -0.2) is 45.6 Å². The first-order valence-electron chi connectivity index (χ1n) is 8.87. The SMILES string of the molecule is Cc1ncsc1CN1C[C@@H]2CC[C@H]1CN(Cc1c(C)noc1C)C2. The summed E-state index contributed by atoms with van der Waals surface area (Å²) in [5.74, 6) is 1.75. The standard InChI is InChI=1S/C18H26N4OS/c1-12-17(14(3)23-20-12)9-21-6-15-4-5-16(8-21)22(7-15)10-18-13(2)19-11-24-18/h11,15-16H,4-10H2,1-3H3/t15-,16+/m1/s1. The van der Waals surface area contributed by atoms with E-state index in [0.29, 0.717) is 6.04 Å². The van der Waals surface area contributed by atoms with Crippen molar-refractivity contribution < 1.29 is 4.52 Å². The van der Waals surface area contributed by atoms with E-state index in [-0.39, 0.29) is 0 Å². The maximum absolute atomic E-state index is 5.35. The Balaban J connectivity index is 1.47. The lowest BCUT2D eigenvalue weighted by Gasteiger charge is -2.36. The Morgan fingerprint density at radius 3 is 2.71 bits per heavy atom. The minimum Gasteiger partial charge on any atom is -0.361 e. The first kappa shape index (κ1) is 16.2. The van der Waals surface area contributed by atoms with E-state index in [1.165, 1.54) is 42.1 Å². The van der Waals surface area contributed by atoms with Crippen LogP contribution < -0.4 is 0 Å². The van der Waals surface area contributed by atoms with Gasteiger partial charge in [-0.05, 0) is 39.5 Å². The first-order valence-corrected chi connectivity index (χ1v) is 9.75. The average Bonchev–Trinajstić information content (AvgIpc) is 2.96. The van der Waals surface area contributed by atoms with Crippen LogP contribution in [0.1, 0.15) is 40.4 Å². The van der Waals surface area contributed by atoms with Gasteiger partial charge < -0.3 is 4.52 Å². The van der Waals surface area contributed by atoms with Crippen molar-refractivity contribution in [2.24, 2.45) is 5.92 Å². The van der Waals surface area contributed by atoms with E-state index in [9.17, 15) is 0 Å². The third-order valence-corrected chi connectivity index (χ3v) is 6.58. The topological polar surface area (TPSA) is 45.4 Å². The fourth-order valence-corrected chi connectivity index (χ4v) is 5.01. The maximum Gasteiger partial charge on any atom is 0.138 e. The van der Waals surface area contributed by atoms with Gasteiger partial charge in [0.2, 0.25) is 0 Å². The predicted molar refractivity (Wildman–Crippen MR) is 95.0 cm³/mol. The van der Waals surface area contributed by atoms with Crippen LogP contribution >= 0.6 is 11.3 Å². The fourth-order valence-electron chi connectivity index (χ4n) is 4.21. The molecule has 5 nitrogen and oxygen atoms in total. The van der Waals surface area contributed by atoms with Gasteiger partial charge in [-0.2, -0.15) is 0 Å². The molecule has 130 valence electrons. The molecule has 2 atom stereocenters. The Hall–Kier alpha value is -1.24. The number of hydrogen-bond donors (Lipinski definition) is 0. The molecule has 0 N–H and O–H groups in total. The molecule has 0 unspecified atom stereocenters. The van der Waals surface area contributed by atoms with E-state index in [0.717, 1.165) is 37.0 Å². The largest absolute Gasteiger partial charge is 0.361 e. The zero-order valence-electron chi connectivity index (χ0n) is 14.8. The highest BCUT2D eigenvalue weighted by Crippen LogP contribution is 2.31. The summed E-state index contributed by atoms with van der Waals surface area (Å²) in [6.07, 6.45) is 2.68. The van der Waals surface area contributed by atoms with E-state index < -0.39 is 0 Å². The molecular weight excluding hydrogens is 320 g/mol. The smallest absolute Gasteiger partial charge is 0.138 e. The highest BCUT2D eigenvalue weighted by Gasteiger charge is 2.35. The van der Waals surface area contributed by atoms with E-state index in [4.69, 9.17) is 4.52 Å². The van der Waals surface area contributed by atoms with Crippen molar-refractivity contribution >= 4 is 11.3 Å². The van der Waals surface area contributed by atoms with Gasteiger partial charge in [0.15, 0.2) is 0 Å². The zero-order valence-corrected chi connectivity index (χ0v) is 15.6. The van der Waals surface area contributed by atoms with Crippen molar-refractivity contribution in [3.63, 3.8) is 0 Å². The number of hydrogen-bond acceptors (Lipinski definition) is 6. The molecule has 3 saturated heterocycles.